The van der Waals surface area contributed by atoms with Crippen molar-refractivity contribution >= 4 is 29.3 Å². The largest absolute Gasteiger partial charge is 0.481 e. The minimum atomic E-state index is -0.979. The van der Waals surface area contributed by atoms with Crippen LogP contribution in [0.2, 0.25) is 0 Å². The summed E-state index contributed by atoms with van der Waals surface area (Å²) in [5, 5.41) is 11.5. The first-order valence-electron chi connectivity index (χ1n) is 5.52. The molecule has 0 radical (unpaired) electrons. The van der Waals surface area contributed by atoms with Gasteiger partial charge in [0.05, 0.1) is 11.8 Å². The minimum Gasteiger partial charge on any atom is -0.481 e. The second-order valence-electron chi connectivity index (χ2n) is 4.64. The van der Waals surface area contributed by atoms with Crippen LogP contribution in [0.3, 0.4) is 0 Å². The number of carbonyl (C=O) groups excluding carboxylic acids is 1. The van der Waals surface area contributed by atoms with E-state index in [1.807, 2.05) is 18.4 Å². The Morgan fingerprint density at radius 2 is 1.83 bits per heavy atom. The van der Waals surface area contributed by atoms with Crippen LogP contribution in [-0.4, -0.2) is 23.2 Å². The predicted octanol–water partition coefficient (Wildman–Crippen LogP) is 2.85. The molecule has 0 aliphatic heterocycles. The molecule has 0 fully saturated rings. The standard InChI is InChI=1S/C13H17NO3S/c1-13(2,8-11(15)16)12(17)14-9-4-6-10(18-3)7-5-9/h4-7H,8H2,1-3H3,(H,14,17)(H,15,16). The maximum atomic E-state index is 11.9. The molecule has 0 bridgehead atoms. The normalized spacial score (nSPS) is 11.1. The average molecular weight is 267 g/mol. The summed E-state index contributed by atoms with van der Waals surface area (Å²) < 4.78 is 0. The highest BCUT2D eigenvalue weighted by atomic mass is 32.2. The van der Waals surface area contributed by atoms with Crippen LogP contribution in [0.15, 0.2) is 29.2 Å². The molecule has 1 aromatic carbocycles. The fourth-order valence-electron chi connectivity index (χ4n) is 1.43. The number of hydrogen-bond donors (Lipinski definition) is 2. The van der Waals surface area contributed by atoms with E-state index in [1.165, 1.54) is 0 Å². The van der Waals surface area contributed by atoms with Crippen molar-refractivity contribution in [2.75, 3.05) is 11.6 Å². The van der Waals surface area contributed by atoms with Crippen molar-refractivity contribution in [3.8, 4) is 0 Å². The van der Waals surface area contributed by atoms with E-state index in [9.17, 15) is 9.59 Å². The molecule has 98 valence electrons. The third kappa shape index (κ3) is 4.07. The molecule has 18 heavy (non-hydrogen) atoms. The van der Waals surface area contributed by atoms with Crippen molar-refractivity contribution in [1.29, 1.82) is 0 Å². The van der Waals surface area contributed by atoms with Crippen molar-refractivity contribution in [3.05, 3.63) is 24.3 Å². The third-order valence-corrected chi connectivity index (χ3v) is 3.30. The lowest BCUT2D eigenvalue weighted by molar-refractivity contribution is -0.142. The number of hydrogen-bond acceptors (Lipinski definition) is 3. The van der Waals surface area contributed by atoms with Crippen molar-refractivity contribution in [2.45, 2.75) is 25.2 Å². The molecule has 4 nitrogen and oxygen atoms in total. The summed E-state index contributed by atoms with van der Waals surface area (Å²) in [7, 11) is 0. The van der Waals surface area contributed by atoms with Gasteiger partial charge in [0, 0.05) is 10.6 Å². The van der Waals surface area contributed by atoms with Crippen LogP contribution in [-0.2, 0) is 9.59 Å². The molecule has 1 rings (SSSR count). The molecule has 2 N–H and O–H groups in total. The first-order valence-corrected chi connectivity index (χ1v) is 6.75. The SMILES string of the molecule is CSc1ccc(NC(=O)C(C)(C)CC(=O)O)cc1. The molecule has 5 heteroatoms. The molecule has 0 aliphatic rings. The van der Waals surface area contributed by atoms with Gasteiger partial charge in [-0.1, -0.05) is 13.8 Å². The lowest BCUT2D eigenvalue weighted by atomic mass is 9.88. The number of carbonyl (C=O) groups is 2. The number of nitrogens with one attached hydrogen (secondary N) is 1. The summed E-state index contributed by atoms with van der Waals surface area (Å²) in [5.41, 5.74) is -0.249. The first kappa shape index (κ1) is 14.6. The summed E-state index contributed by atoms with van der Waals surface area (Å²) in [4.78, 5) is 23.7. The summed E-state index contributed by atoms with van der Waals surface area (Å²) in [6.07, 6.45) is 1.78. The van der Waals surface area contributed by atoms with Crippen molar-refractivity contribution < 1.29 is 14.7 Å². The Kier molecular flexibility index (Phi) is 4.78. The second-order valence-corrected chi connectivity index (χ2v) is 5.52. The van der Waals surface area contributed by atoms with E-state index >= 15 is 0 Å². The van der Waals surface area contributed by atoms with Gasteiger partial charge in [0.1, 0.15) is 0 Å². The van der Waals surface area contributed by atoms with Gasteiger partial charge in [0.2, 0.25) is 5.91 Å². The zero-order valence-corrected chi connectivity index (χ0v) is 11.5. The predicted molar refractivity (Wildman–Crippen MR) is 72.9 cm³/mol. The molecular weight excluding hydrogens is 250 g/mol. The van der Waals surface area contributed by atoms with E-state index in [0.29, 0.717) is 5.69 Å². The maximum Gasteiger partial charge on any atom is 0.304 e. The maximum absolute atomic E-state index is 11.9. The van der Waals surface area contributed by atoms with Gasteiger partial charge in [-0.3, -0.25) is 9.59 Å². The van der Waals surface area contributed by atoms with Crippen LogP contribution >= 0.6 is 11.8 Å². The van der Waals surface area contributed by atoms with E-state index in [1.54, 1.807) is 37.7 Å². The molecule has 1 amide bonds. The van der Waals surface area contributed by atoms with Crippen LogP contribution in [0.5, 0.6) is 0 Å². The summed E-state index contributed by atoms with van der Waals surface area (Å²) in [6, 6.07) is 7.43. The van der Waals surface area contributed by atoms with Gasteiger partial charge in [-0.2, -0.15) is 0 Å². The van der Waals surface area contributed by atoms with Gasteiger partial charge in [-0.05, 0) is 30.5 Å². The van der Waals surface area contributed by atoms with Crippen molar-refractivity contribution in [3.63, 3.8) is 0 Å². The highest BCUT2D eigenvalue weighted by Crippen LogP contribution is 2.24. The number of anilines is 1. The fourth-order valence-corrected chi connectivity index (χ4v) is 1.84. The molecular formula is C13H17NO3S. The minimum absolute atomic E-state index is 0.193. The quantitative estimate of drug-likeness (QED) is 0.805. The molecule has 0 saturated carbocycles. The lowest BCUT2D eigenvalue weighted by Gasteiger charge is -2.21. The van der Waals surface area contributed by atoms with Crippen LogP contribution in [0.4, 0.5) is 5.69 Å². The second kappa shape index (κ2) is 5.91. The number of amides is 1. The zero-order chi connectivity index (χ0) is 13.8. The van der Waals surface area contributed by atoms with Gasteiger partial charge < -0.3 is 10.4 Å². The van der Waals surface area contributed by atoms with Gasteiger partial charge >= 0.3 is 5.97 Å². The summed E-state index contributed by atoms with van der Waals surface area (Å²) in [6.45, 7) is 3.24. The van der Waals surface area contributed by atoms with Gasteiger partial charge in [0.15, 0.2) is 0 Å². The Morgan fingerprint density at radius 1 is 1.28 bits per heavy atom. The number of carboxylic acids is 1. The molecule has 1 aromatic rings. The van der Waals surface area contributed by atoms with Crippen LogP contribution in [0.25, 0.3) is 0 Å². The molecule has 0 aliphatic carbocycles. The number of carboxylic acid groups (broad SMARTS) is 1. The van der Waals surface area contributed by atoms with Crippen LogP contribution in [0.1, 0.15) is 20.3 Å². The highest BCUT2D eigenvalue weighted by molar-refractivity contribution is 7.98. The lowest BCUT2D eigenvalue weighted by Crippen LogP contribution is -2.32. The Hall–Kier alpha value is -1.49. The summed E-state index contributed by atoms with van der Waals surface area (Å²) in [5.74, 6) is -1.27. The van der Waals surface area contributed by atoms with Gasteiger partial charge in [0.25, 0.3) is 0 Å². The Bertz CT molecular complexity index is 440. The van der Waals surface area contributed by atoms with Crippen LogP contribution < -0.4 is 5.32 Å². The van der Waals surface area contributed by atoms with Gasteiger partial charge in [-0.15, -0.1) is 11.8 Å². The zero-order valence-electron chi connectivity index (χ0n) is 10.7. The number of aliphatic carboxylic acids is 1. The highest BCUT2D eigenvalue weighted by Gasteiger charge is 2.30. The van der Waals surface area contributed by atoms with Crippen LogP contribution in [0, 0.1) is 5.41 Å². The molecule has 0 aromatic heterocycles. The van der Waals surface area contributed by atoms with E-state index in [-0.39, 0.29) is 12.3 Å². The van der Waals surface area contributed by atoms with Crippen molar-refractivity contribution in [1.82, 2.24) is 0 Å². The molecule has 0 unspecified atom stereocenters. The fraction of sp³-hybridized carbons (Fsp3) is 0.385. The van der Waals surface area contributed by atoms with E-state index < -0.39 is 11.4 Å². The molecule has 0 saturated heterocycles. The molecule has 0 atom stereocenters. The Morgan fingerprint density at radius 3 is 2.28 bits per heavy atom. The third-order valence-electron chi connectivity index (χ3n) is 2.56. The molecule has 0 heterocycles. The first-order chi connectivity index (χ1) is 8.35. The number of benzene rings is 1. The Balaban J connectivity index is 2.71. The average Bonchev–Trinajstić information content (AvgIpc) is 2.28. The van der Waals surface area contributed by atoms with E-state index in [4.69, 9.17) is 5.11 Å². The van der Waals surface area contributed by atoms with Crippen molar-refractivity contribution in [2.24, 2.45) is 5.41 Å². The van der Waals surface area contributed by atoms with Gasteiger partial charge in [-0.25, -0.2) is 0 Å². The number of thioether (sulfide) groups is 1. The van der Waals surface area contributed by atoms with E-state index in [2.05, 4.69) is 5.32 Å². The topological polar surface area (TPSA) is 66.4 Å². The summed E-state index contributed by atoms with van der Waals surface area (Å²) >= 11 is 1.62. The number of rotatable bonds is 5. The smallest absolute Gasteiger partial charge is 0.304 e. The Labute approximate surface area is 111 Å². The molecule has 0 spiro atoms. The van der Waals surface area contributed by atoms with E-state index in [0.717, 1.165) is 4.90 Å². The monoisotopic (exact) mass is 267 g/mol.